The molecule has 1 heterocycles. The molecule has 0 amide bonds. The minimum Gasteiger partial charge on any atom is -0.366 e. The zero-order chi connectivity index (χ0) is 12.7. The molecule has 0 aromatic rings. The van der Waals surface area contributed by atoms with E-state index in [1.54, 1.807) is 0 Å². The van der Waals surface area contributed by atoms with Gasteiger partial charge in [-0.1, -0.05) is 12.2 Å². The number of piperidine rings is 1. The van der Waals surface area contributed by atoms with E-state index >= 15 is 0 Å². The van der Waals surface area contributed by atoms with Crippen molar-refractivity contribution >= 4 is 24.8 Å². The predicted octanol–water partition coefficient (Wildman–Crippen LogP) is 3.07. The van der Waals surface area contributed by atoms with Gasteiger partial charge in [-0.05, 0) is 33.1 Å². The highest BCUT2D eigenvalue weighted by molar-refractivity contribution is 7.81. The summed E-state index contributed by atoms with van der Waals surface area (Å²) in [7, 11) is -3.02. The van der Waals surface area contributed by atoms with Crippen LogP contribution in [0.5, 0.6) is 0 Å². The van der Waals surface area contributed by atoms with Crippen molar-refractivity contribution in [3.63, 3.8) is 0 Å². The highest BCUT2D eigenvalue weighted by atomic mass is 32.1. The van der Waals surface area contributed by atoms with Gasteiger partial charge in [0.1, 0.15) is 6.16 Å². The molecule has 0 atom stereocenters. The van der Waals surface area contributed by atoms with Crippen LogP contribution < -0.4 is 0 Å². The molecule has 0 radical (unpaired) electrons. The minimum atomic E-state index is -3.02. The summed E-state index contributed by atoms with van der Waals surface area (Å²) in [5.74, 6) is 0. The van der Waals surface area contributed by atoms with Crippen molar-refractivity contribution in [3.8, 4) is 0 Å². The van der Waals surface area contributed by atoms with Crippen LogP contribution in [-0.2, 0) is 13.6 Å². The van der Waals surface area contributed by atoms with Crippen molar-refractivity contribution in [2.45, 2.75) is 33.1 Å². The fraction of sp³-hybridized carbons (Fsp3) is 0.909. The Bertz CT molecular complexity index is 282. The summed E-state index contributed by atoms with van der Waals surface area (Å²) in [6.07, 6.45) is 3.82. The number of hydrogen-bond donors (Lipinski definition) is 0. The van der Waals surface area contributed by atoms with Crippen LogP contribution >= 0.6 is 19.8 Å². The Kier molecular flexibility index (Phi) is 6.63. The maximum atomic E-state index is 12.3. The second kappa shape index (κ2) is 7.47. The second-order valence-corrected chi connectivity index (χ2v) is 6.57. The maximum Gasteiger partial charge on any atom is 0.337 e. The number of rotatable bonds is 6. The quantitative estimate of drug-likeness (QED) is 0.552. The first kappa shape index (κ1) is 15.1. The molecule has 0 unspecified atom stereocenters. The van der Waals surface area contributed by atoms with Crippen LogP contribution in [0.15, 0.2) is 0 Å². The van der Waals surface area contributed by atoms with Gasteiger partial charge in [0.15, 0.2) is 0 Å². The van der Waals surface area contributed by atoms with Crippen LogP contribution in [0.2, 0.25) is 0 Å². The van der Waals surface area contributed by atoms with Gasteiger partial charge >= 0.3 is 7.60 Å². The van der Waals surface area contributed by atoms with Crippen LogP contribution in [0.25, 0.3) is 0 Å². The van der Waals surface area contributed by atoms with E-state index in [4.69, 9.17) is 21.3 Å². The lowest BCUT2D eigenvalue weighted by atomic mass is 10.1. The molecule has 0 spiro atoms. The van der Waals surface area contributed by atoms with E-state index in [1.807, 2.05) is 13.8 Å². The van der Waals surface area contributed by atoms with Crippen LogP contribution in [0.4, 0.5) is 0 Å². The van der Waals surface area contributed by atoms with Crippen molar-refractivity contribution in [3.05, 3.63) is 0 Å². The molecular formula is C11H22NO3PS. The molecule has 100 valence electrons. The summed E-state index contributed by atoms with van der Waals surface area (Å²) >= 11 is 5.34. The van der Waals surface area contributed by atoms with Gasteiger partial charge in [0.2, 0.25) is 0 Å². The lowest BCUT2D eigenvalue weighted by Gasteiger charge is -2.30. The molecule has 0 saturated carbocycles. The molecular weight excluding hydrogens is 257 g/mol. The summed E-state index contributed by atoms with van der Waals surface area (Å²) in [5.41, 5.74) is 0. The first-order valence-electron chi connectivity index (χ1n) is 6.27. The van der Waals surface area contributed by atoms with E-state index in [0.717, 1.165) is 30.9 Å². The molecule has 1 rings (SSSR count). The molecule has 0 aromatic heterocycles. The minimum absolute atomic E-state index is 0.240. The number of nitrogens with zero attached hydrogens (tertiary/aromatic N) is 1. The Morgan fingerprint density at radius 3 is 2.18 bits per heavy atom. The Hall–Kier alpha value is 0.0400. The Morgan fingerprint density at radius 2 is 1.71 bits per heavy atom. The zero-order valence-electron chi connectivity index (χ0n) is 10.7. The lowest BCUT2D eigenvalue weighted by Crippen LogP contribution is -2.36. The molecule has 0 bridgehead atoms. The standard InChI is InChI=1S/C11H22NO3PS/c1-3-14-16(13,15-4-2)10-11(17)12-8-6-5-7-9-12/h3-10H2,1-2H3. The molecule has 1 fully saturated rings. The van der Waals surface area contributed by atoms with Gasteiger partial charge in [0.05, 0.1) is 18.2 Å². The first-order chi connectivity index (χ1) is 8.11. The van der Waals surface area contributed by atoms with Crippen molar-refractivity contribution in [2.24, 2.45) is 0 Å². The van der Waals surface area contributed by atoms with E-state index in [9.17, 15) is 4.57 Å². The normalized spacial score (nSPS) is 17.2. The maximum absolute atomic E-state index is 12.3. The molecule has 1 aliphatic heterocycles. The average molecular weight is 279 g/mol. The molecule has 17 heavy (non-hydrogen) atoms. The van der Waals surface area contributed by atoms with Gasteiger partial charge in [0, 0.05) is 13.1 Å². The second-order valence-electron chi connectivity index (χ2n) is 4.05. The summed E-state index contributed by atoms with van der Waals surface area (Å²) in [6, 6.07) is 0. The first-order valence-corrected chi connectivity index (χ1v) is 8.41. The van der Waals surface area contributed by atoms with E-state index in [2.05, 4.69) is 4.90 Å². The fourth-order valence-corrected chi connectivity index (χ4v) is 4.16. The van der Waals surface area contributed by atoms with Gasteiger partial charge in [-0.3, -0.25) is 4.57 Å². The monoisotopic (exact) mass is 279 g/mol. The van der Waals surface area contributed by atoms with E-state index in [-0.39, 0.29) is 6.16 Å². The molecule has 1 saturated heterocycles. The van der Waals surface area contributed by atoms with E-state index in [0.29, 0.717) is 13.2 Å². The van der Waals surface area contributed by atoms with Crippen LogP contribution in [-0.4, -0.2) is 42.4 Å². The smallest absolute Gasteiger partial charge is 0.337 e. The third kappa shape index (κ3) is 5.04. The van der Waals surface area contributed by atoms with Crippen LogP contribution in [0, 0.1) is 0 Å². The van der Waals surface area contributed by atoms with E-state index in [1.165, 1.54) is 6.42 Å². The molecule has 6 heteroatoms. The molecule has 0 aromatic carbocycles. The fourth-order valence-electron chi connectivity index (χ4n) is 1.93. The summed E-state index contributed by atoms with van der Waals surface area (Å²) < 4.78 is 22.8. The SMILES string of the molecule is CCOP(=O)(CC(=S)N1CCCCC1)OCC. The van der Waals surface area contributed by atoms with Gasteiger partial charge in [-0.15, -0.1) is 0 Å². The largest absolute Gasteiger partial charge is 0.366 e. The zero-order valence-corrected chi connectivity index (χ0v) is 12.4. The van der Waals surface area contributed by atoms with Crippen molar-refractivity contribution in [1.29, 1.82) is 0 Å². The number of hydrogen-bond acceptors (Lipinski definition) is 4. The van der Waals surface area contributed by atoms with Gasteiger partial charge < -0.3 is 13.9 Å². The summed E-state index contributed by atoms with van der Waals surface area (Å²) in [5, 5.41) is 0. The highest BCUT2D eigenvalue weighted by Gasteiger charge is 2.28. The average Bonchev–Trinajstić information content (AvgIpc) is 2.30. The predicted molar refractivity (Wildman–Crippen MR) is 73.7 cm³/mol. The van der Waals surface area contributed by atoms with Crippen molar-refractivity contribution < 1.29 is 13.6 Å². The van der Waals surface area contributed by atoms with Gasteiger partial charge in [0.25, 0.3) is 0 Å². The van der Waals surface area contributed by atoms with Crippen molar-refractivity contribution in [2.75, 3.05) is 32.5 Å². The summed E-state index contributed by atoms with van der Waals surface area (Å²) in [6.45, 7) is 6.35. The topological polar surface area (TPSA) is 38.8 Å². The highest BCUT2D eigenvalue weighted by Crippen LogP contribution is 2.48. The third-order valence-electron chi connectivity index (χ3n) is 2.69. The Labute approximate surface area is 109 Å². The lowest BCUT2D eigenvalue weighted by molar-refractivity contribution is 0.222. The van der Waals surface area contributed by atoms with Crippen molar-refractivity contribution in [1.82, 2.24) is 4.90 Å². The molecule has 0 N–H and O–H groups in total. The van der Waals surface area contributed by atoms with Crippen LogP contribution in [0.3, 0.4) is 0 Å². The number of likely N-dealkylation sites (tertiary alicyclic amines) is 1. The molecule has 4 nitrogen and oxygen atoms in total. The summed E-state index contributed by atoms with van der Waals surface area (Å²) in [4.78, 5) is 2.85. The van der Waals surface area contributed by atoms with Crippen LogP contribution in [0.1, 0.15) is 33.1 Å². The molecule has 1 aliphatic rings. The van der Waals surface area contributed by atoms with Gasteiger partial charge in [-0.2, -0.15) is 0 Å². The Morgan fingerprint density at radius 1 is 1.18 bits per heavy atom. The third-order valence-corrected chi connectivity index (χ3v) is 5.30. The Balaban J connectivity index is 2.53. The van der Waals surface area contributed by atoms with Gasteiger partial charge in [-0.25, -0.2) is 0 Å². The van der Waals surface area contributed by atoms with E-state index < -0.39 is 7.60 Å². The molecule has 0 aliphatic carbocycles. The number of thiocarbonyl (C=S) groups is 1.